The molecule has 1 heterocycles. The summed E-state index contributed by atoms with van der Waals surface area (Å²) in [5, 5.41) is 0. The quantitative estimate of drug-likeness (QED) is 0.836. The largest absolute Gasteiger partial charge is 0.295 e. The molecule has 1 aromatic carbocycles. The van der Waals surface area contributed by atoms with Crippen LogP contribution in [-0.2, 0) is 14.8 Å². The Morgan fingerprint density at radius 1 is 1.15 bits per heavy atom. The molecule has 0 aromatic heterocycles. The van der Waals surface area contributed by atoms with Crippen molar-refractivity contribution in [3.8, 4) is 0 Å². The van der Waals surface area contributed by atoms with Crippen LogP contribution in [0.1, 0.15) is 18.9 Å². The van der Waals surface area contributed by atoms with Crippen molar-refractivity contribution in [3.05, 3.63) is 41.0 Å². The second-order valence-corrected chi connectivity index (χ2v) is 7.52. The average molecular weight is 291 g/mol. The monoisotopic (exact) mass is 291 g/mol. The summed E-state index contributed by atoms with van der Waals surface area (Å²) in [6.07, 6.45) is 0.459. The molecule has 0 bridgehead atoms. The number of sulfonamides is 1. The molecule has 1 aliphatic carbocycles. The van der Waals surface area contributed by atoms with E-state index in [1.54, 1.807) is 31.2 Å². The number of ketones is 1. The van der Waals surface area contributed by atoms with Crippen LogP contribution in [0.15, 0.2) is 40.3 Å². The van der Waals surface area contributed by atoms with Crippen LogP contribution in [0.2, 0.25) is 0 Å². The predicted molar refractivity (Wildman–Crippen MR) is 75.8 cm³/mol. The smallest absolute Gasteiger partial charge is 0.243 e. The minimum absolute atomic E-state index is 0.0859. The lowest BCUT2D eigenvalue weighted by Gasteiger charge is -2.16. The molecule has 0 amide bonds. The van der Waals surface area contributed by atoms with Crippen LogP contribution in [0.4, 0.5) is 0 Å². The van der Waals surface area contributed by atoms with Gasteiger partial charge in [-0.2, -0.15) is 4.31 Å². The first kappa shape index (κ1) is 13.5. The van der Waals surface area contributed by atoms with Crippen LogP contribution in [0.5, 0.6) is 0 Å². The zero-order valence-electron chi connectivity index (χ0n) is 11.6. The number of hydrogen-bond donors (Lipinski definition) is 0. The lowest BCUT2D eigenvalue weighted by molar-refractivity contribution is -0.115. The summed E-state index contributed by atoms with van der Waals surface area (Å²) in [7, 11) is -3.45. The minimum atomic E-state index is -3.45. The van der Waals surface area contributed by atoms with Crippen LogP contribution in [0.3, 0.4) is 0 Å². The summed E-state index contributed by atoms with van der Waals surface area (Å²) in [5.74, 6) is 0.250. The number of fused-ring (bicyclic) bond motifs is 1. The molecule has 1 aliphatic heterocycles. The second kappa shape index (κ2) is 4.53. The van der Waals surface area contributed by atoms with Crippen LogP contribution >= 0.6 is 0 Å². The Morgan fingerprint density at radius 2 is 1.80 bits per heavy atom. The van der Waals surface area contributed by atoms with Gasteiger partial charge >= 0.3 is 0 Å². The molecule has 0 spiro atoms. The van der Waals surface area contributed by atoms with E-state index in [1.807, 2.05) is 6.92 Å². The van der Waals surface area contributed by atoms with Crippen molar-refractivity contribution in [1.29, 1.82) is 0 Å². The molecular formula is C15H17NO3S. The van der Waals surface area contributed by atoms with Crippen molar-refractivity contribution >= 4 is 15.8 Å². The van der Waals surface area contributed by atoms with E-state index in [2.05, 4.69) is 0 Å². The van der Waals surface area contributed by atoms with Gasteiger partial charge in [-0.25, -0.2) is 8.42 Å². The van der Waals surface area contributed by atoms with Crippen molar-refractivity contribution in [1.82, 2.24) is 4.31 Å². The first-order valence-corrected chi connectivity index (χ1v) is 8.13. The van der Waals surface area contributed by atoms with Gasteiger partial charge in [0.2, 0.25) is 10.0 Å². The number of rotatable bonds is 2. The van der Waals surface area contributed by atoms with Gasteiger partial charge in [0, 0.05) is 25.4 Å². The maximum atomic E-state index is 12.6. The number of Topliss-reactive ketones (excluding diaryl/α,β-unsaturated/α-hetero) is 1. The number of aryl methyl sites for hydroxylation is 1. The highest BCUT2D eigenvalue weighted by atomic mass is 32.2. The molecule has 0 saturated carbocycles. The fourth-order valence-corrected chi connectivity index (χ4v) is 4.41. The summed E-state index contributed by atoms with van der Waals surface area (Å²) >= 11 is 0. The van der Waals surface area contributed by atoms with Crippen molar-refractivity contribution < 1.29 is 13.2 Å². The van der Waals surface area contributed by atoms with E-state index in [1.165, 1.54) is 4.31 Å². The SMILES string of the molecule is CC1=C2CN(S(=O)(=O)c3ccc(C)cc3)C[C@@H]2CC1=O. The Hall–Kier alpha value is -1.46. The van der Waals surface area contributed by atoms with Gasteiger partial charge in [0.1, 0.15) is 0 Å². The third-order valence-electron chi connectivity index (χ3n) is 4.25. The maximum Gasteiger partial charge on any atom is 0.243 e. The Labute approximate surface area is 119 Å². The molecule has 1 aromatic rings. The van der Waals surface area contributed by atoms with Gasteiger partial charge in [0.15, 0.2) is 5.78 Å². The van der Waals surface area contributed by atoms with E-state index in [9.17, 15) is 13.2 Å². The molecule has 2 aliphatic rings. The molecule has 0 N–H and O–H groups in total. The number of carbonyl (C=O) groups is 1. The topological polar surface area (TPSA) is 54.5 Å². The molecule has 3 rings (SSSR count). The summed E-state index contributed by atoms with van der Waals surface area (Å²) in [5.41, 5.74) is 2.80. The van der Waals surface area contributed by atoms with Gasteiger partial charge in [0.25, 0.3) is 0 Å². The molecule has 1 atom stereocenters. The Balaban J connectivity index is 1.92. The van der Waals surface area contributed by atoms with Gasteiger partial charge in [-0.3, -0.25) is 4.79 Å². The van der Waals surface area contributed by atoms with Crippen LogP contribution in [0, 0.1) is 12.8 Å². The third-order valence-corrected chi connectivity index (χ3v) is 6.08. The van der Waals surface area contributed by atoms with Gasteiger partial charge < -0.3 is 0 Å². The second-order valence-electron chi connectivity index (χ2n) is 5.59. The molecule has 1 saturated heterocycles. The van der Waals surface area contributed by atoms with E-state index in [0.717, 1.165) is 16.7 Å². The van der Waals surface area contributed by atoms with E-state index in [0.29, 0.717) is 24.4 Å². The van der Waals surface area contributed by atoms with Gasteiger partial charge in [-0.05, 0) is 37.1 Å². The fraction of sp³-hybridized carbons (Fsp3) is 0.400. The normalized spacial score (nSPS) is 23.5. The molecule has 5 heteroatoms. The summed E-state index contributed by atoms with van der Waals surface area (Å²) in [4.78, 5) is 12.0. The first-order chi connectivity index (χ1) is 9.39. The van der Waals surface area contributed by atoms with E-state index < -0.39 is 10.0 Å². The average Bonchev–Trinajstić information content (AvgIpc) is 2.92. The molecule has 1 fully saturated rings. The molecule has 0 radical (unpaired) electrons. The Kier molecular flexibility index (Phi) is 3.06. The number of hydrogen-bond acceptors (Lipinski definition) is 3. The molecular weight excluding hydrogens is 274 g/mol. The van der Waals surface area contributed by atoms with E-state index >= 15 is 0 Å². The number of nitrogens with zero attached hydrogens (tertiary/aromatic N) is 1. The fourth-order valence-electron chi connectivity index (χ4n) is 2.95. The van der Waals surface area contributed by atoms with Crippen molar-refractivity contribution in [2.45, 2.75) is 25.2 Å². The van der Waals surface area contributed by atoms with Gasteiger partial charge in [0.05, 0.1) is 4.90 Å². The summed E-state index contributed by atoms with van der Waals surface area (Å²) < 4.78 is 26.7. The molecule has 106 valence electrons. The Bertz CT molecular complexity index is 701. The van der Waals surface area contributed by atoms with E-state index in [4.69, 9.17) is 0 Å². The Morgan fingerprint density at radius 3 is 2.40 bits per heavy atom. The van der Waals surface area contributed by atoms with Crippen molar-refractivity contribution in [2.75, 3.05) is 13.1 Å². The first-order valence-electron chi connectivity index (χ1n) is 6.69. The molecule has 0 unspecified atom stereocenters. The van der Waals surface area contributed by atoms with Crippen molar-refractivity contribution in [3.63, 3.8) is 0 Å². The number of allylic oxidation sites excluding steroid dienone is 1. The van der Waals surface area contributed by atoms with Crippen LogP contribution in [-0.4, -0.2) is 31.6 Å². The van der Waals surface area contributed by atoms with E-state index in [-0.39, 0.29) is 11.7 Å². The molecule has 20 heavy (non-hydrogen) atoms. The summed E-state index contributed by atoms with van der Waals surface area (Å²) in [6, 6.07) is 6.89. The standard InChI is InChI=1S/C15H17NO3S/c1-10-3-5-13(6-4-10)20(18,19)16-8-12-7-15(17)11(2)14(12)9-16/h3-6,12H,7-9H2,1-2H3/t12-/m0/s1. The van der Waals surface area contributed by atoms with Crippen molar-refractivity contribution in [2.24, 2.45) is 5.92 Å². The lowest BCUT2D eigenvalue weighted by Crippen LogP contribution is -2.29. The maximum absolute atomic E-state index is 12.6. The highest BCUT2D eigenvalue weighted by Gasteiger charge is 2.41. The highest BCUT2D eigenvalue weighted by molar-refractivity contribution is 7.89. The van der Waals surface area contributed by atoms with Crippen LogP contribution < -0.4 is 0 Å². The predicted octanol–water partition coefficient (Wildman–Crippen LogP) is 1.90. The zero-order valence-corrected chi connectivity index (χ0v) is 12.4. The molecule has 4 nitrogen and oxygen atoms in total. The van der Waals surface area contributed by atoms with Gasteiger partial charge in [-0.1, -0.05) is 17.7 Å². The third kappa shape index (κ3) is 2.01. The van der Waals surface area contributed by atoms with Gasteiger partial charge in [-0.15, -0.1) is 0 Å². The number of carbonyl (C=O) groups excluding carboxylic acids is 1. The zero-order chi connectivity index (χ0) is 14.5. The lowest BCUT2D eigenvalue weighted by atomic mass is 10.1. The summed E-state index contributed by atoms with van der Waals surface area (Å²) in [6.45, 7) is 4.52. The minimum Gasteiger partial charge on any atom is -0.295 e. The number of benzene rings is 1. The highest BCUT2D eigenvalue weighted by Crippen LogP contribution is 2.37. The van der Waals surface area contributed by atoms with Crippen LogP contribution in [0.25, 0.3) is 0 Å².